The Bertz CT molecular complexity index is 514. The minimum Gasteiger partial charge on any atom is -0.480 e. The number of alkyl halides is 2. The van der Waals surface area contributed by atoms with Crippen LogP contribution < -0.4 is 5.73 Å². The van der Waals surface area contributed by atoms with Crippen LogP contribution in [-0.4, -0.2) is 35.1 Å². The summed E-state index contributed by atoms with van der Waals surface area (Å²) in [6, 6.07) is 4.60. The molecular formula is C14H17F2NO4. The van der Waals surface area contributed by atoms with Gasteiger partial charge >= 0.3 is 5.97 Å². The van der Waals surface area contributed by atoms with Crippen LogP contribution in [-0.2, 0) is 16.0 Å². The number of ketones is 2. The van der Waals surface area contributed by atoms with Gasteiger partial charge in [0.15, 0.2) is 5.78 Å². The van der Waals surface area contributed by atoms with E-state index in [0.29, 0.717) is 5.56 Å². The molecule has 0 heterocycles. The van der Waals surface area contributed by atoms with Gasteiger partial charge in [0.2, 0.25) is 5.78 Å². The van der Waals surface area contributed by atoms with E-state index >= 15 is 0 Å². The van der Waals surface area contributed by atoms with Crippen LogP contribution in [0.5, 0.6) is 0 Å². The summed E-state index contributed by atoms with van der Waals surface area (Å²) in [6.07, 6.45) is -3.93. The number of hydrogen-bond acceptors (Lipinski definition) is 4. The van der Waals surface area contributed by atoms with E-state index in [-0.39, 0.29) is 19.4 Å². The molecule has 0 aliphatic heterocycles. The maximum absolute atomic E-state index is 12.0. The standard InChI is InChI=1S/C13H13F2NO4.CH4/c14-12(15)11(18)6-10(17)8-3-1-7(2-4-8)5-9(16)13(19)20;/h1-4,9,12H,5-6,16H2,(H,19,20);1H4. The number of carboxylic acids is 1. The molecule has 5 nitrogen and oxygen atoms in total. The predicted octanol–water partition coefficient (Wildman–Crippen LogP) is 1.68. The fourth-order valence-corrected chi connectivity index (χ4v) is 1.51. The summed E-state index contributed by atoms with van der Waals surface area (Å²) in [5.41, 5.74) is 6.06. The summed E-state index contributed by atoms with van der Waals surface area (Å²) in [7, 11) is 0. The number of carbonyl (C=O) groups excluding carboxylic acids is 2. The van der Waals surface area contributed by atoms with Gasteiger partial charge in [-0.25, -0.2) is 8.78 Å². The number of carboxylic acid groups (broad SMARTS) is 1. The average Bonchev–Trinajstić information content (AvgIpc) is 2.39. The second-order valence-corrected chi connectivity index (χ2v) is 4.21. The van der Waals surface area contributed by atoms with Crippen LogP contribution >= 0.6 is 0 Å². The zero-order valence-electron chi connectivity index (χ0n) is 10.4. The molecule has 0 saturated carbocycles. The molecule has 1 unspecified atom stereocenters. The van der Waals surface area contributed by atoms with Gasteiger partial charge in [-0.15, -0.1) is 0 Å². The highest BCUT2D eigenvalue weighted by atomic mass is 19.3. The topological polar surface area (TPSA) is 97.5 Å². The van der Waals surface area contributed by atoms with Crippen LogP contribution in [0.4, 0.5) is 8.78 Å². The van der Waals surface area contributed by atoms with Crippen molar-refractivity contribution in [2.75, 3.05) is 0 Å². The first kappa shape index (κ1) is 18.9. The Labute approximate surface area is 120 Å². The van der Waals surface area contributed by atoms with E-state index in [2.05, 4.69) is 0 Å². The Morgan fingerprint density at radius 2 is 1.67 bits per heavy atom. The Balaban J connectivity index is 0.00000400. The Morgan fingerprint density at radius 1 is 1.14 bits per heavy atom. The number of nitrogens with two attached hydrogens (primary N) is 1. The Kier molecular flexibility index (Phi) is 7.37. The highest BCUT2D eigenvalue weighted by Gasteiger charge is 2.20. The number of aliphatic carboxylic acids is 1. The lowest BCUT2D eigenvalue weighted by atomic mass is 10.0. The molecule has 0 aromatic heterocycles. The van der Waals surface area contributed by atoms with E-state index in [1.165, 1.54) is 24.3 Å². The van der Waals surface area contributed by atoms with E-state index in [1.807, 2.05) is 0 Å². The Hall–Kier alpha value is -2.15. The lowest BCUT2D eigenvalue weighted by Gasteiger charge is -2.07. The SMILES string of the molecule is C.NC(Cc1ccc(C(=O)CC(=O)C(F)F)cc1)C(=O)O. The van der Waals surface area contributed by atoms with Crippen molar-refractivity contribution in [2.24, 2.45) is 5.73 Å². The van der Waals surface area contributed by atoms with Gasteiger partial charge in [0.25, 0.3) is 6.43 Å². The van der Waals surface area contributed by atoms with Gasteiger partial charge in [0, 0.05) is 5.56 Å². The van der Waals surface area contributed by atoms with Gasteiger partial charge in [-0.1, -0.05) is 31.7 Å². The summed E-state index contributed by atoms with van der Waals surface area (Å²) in [4.78, 5) is 32.9. The molecule has 0 bridgehead atoms. The first-order valence-electron chi connectivity index (χ1n) is 5.72. The minimum absolute atomic E-state index is 0. The molecule has 116 valence electrons. The van der Waals surface area contributed by atoms with Crippen LogP contribution in [0.15, 0.2) is 24.3 Å². The zero-order chi connectivity index (χ0) is 15.3. The normalized spacial score (nSPS) is 11.6. The number of benzene rings is 1. The quantitative estimate of drug-likeness (QED) is 0.590. The molecule has 1 aromatic carbocycles. The van der Waals surface area contributed by atoms with Crippen molar-refractivity contribution in [2.45, 2.75) is 32.7 Å². The first-order chi connectivity index (χ1) is 9.31. The van der Waals surface area contributed by atoms with Gasteiger partial charge in [0.05, 0.1) is 6.42 Å². The number of rotatable bonds is 7. The molecule has 0 radical (unpaired) electrons. The van der Waals surface area contributed by atoms with Crippen molar-refractivity contribution in [3.05, 3.63) is 35.4 Å². The van der Waals surface area contributed by atoms with Gasteiger partial charge in [0.1, 0.15) is 6.04 Å². The molecule has 7 heteroatoms. The molecule has 0 aliphatic rings. The number of hydrogen-bond donors (Lipinski definition) is 2. The molecule has 0 saturated heterocycles. The summed E-state index contributed by atoms with van der Waals surface area (Å²) in [5, 5.41) is 8.65. The maximum Gasteiger partial charge on any atom is 0.320 e. The molecule has 1 aromatic rings. The minimum atomic E-state index is -3.16. The maximum atomic E-state index is 12.0. The van der Waals surface area contributed by atoms with E-state index < -0.39 is 36.4 Å². The summed E-state index contributed by atoms with van der Waals surface area (Å²) < 4.78 is 24.0. The molecule has 0 spiro atoms. The number of Topliss-reactive ketones (excluding diaryl/α,β-unsaturated/α-hetero) is 2. The third kappa shape index (κ3) is 5.78. The van der Waals surface area contributed by atoms with Crippen molar-refractivity contribution in [1.82, 2.24) is 0 Å². The first-order valence-corrected chi connectivity index (χ1v) is 5.72. The van der Waals surface area contributed by atoms with Crippen LogP contribution in [0.3, 0.4) is 0 Å². The van der Waals surface area contributed by atoms with Gasteiger partial charge < -0.3 is 10.8 Å². The smallest absolute Gasteiger partial charge is 0.320 e. The molecule has 0 fully saturated rings. The molecule has 0 aliphatic carbocycles. The van der Waals surface area contributed by atoms with Gasteiger partial charge in [-0.2, -0.15) is 0 Å². The van der Waals surface area contributed by atoms with E-state index in [9.17, 15) is 23.2 Å². The monoisotopic (exact) mass is 301 g/mol. The Morgan fingerprint density at radius 3 is 2.10 bits per heavy atom. The van der Waals surface area contributed by atoms with Crippen molar-refractivity contribution in [3.63, 3.8) is 0 Å². The van der Waals surface area contributed by atoms with Crippen LogP contribution in [0.1, 0.15) is 29.8 Å². The fraction of sp³-hybridized carbons (Fsp3) is 0.357. The summed E-state index contributed by atoms with van der Waals surface area (Å²) in [6.45, 7) is 0. The number of halogens is 2. The van der Waals surface area contributed by atoms with Crippen molar-refractivity contribution >= 4 is 17.5 Å². The van der Waals surface area contributed by atoms with Crippen molar-refractivity contribution in [1.29, 1.82) is 0 Å². The lowest BCUT2D eigenvalue weighted by molar-refractivity contribution is -0.138. The van der Waals surface area contributed by atoms with Gasteiger partial charge in [-0.3, -0.25) is 14.4 Å². The second-order valence-electron chi connectivity index (χ2n) is 4.21. The van der Waals surface area contributed by atoms with Gasteiger partial charge in [-0.05, 0) is 12.0 Å². The van der Waals surface area contributed by atoms with Crippen LogP contribution in [0.2, 0.25) is 0 Å². The number of carbonyl (C=O) groups is 3. The van der Waals surface area contributed by atoms with Crippen LogP contribution in [0.25, 0.3) is 0 Å². The largest absolute Gasteiger partial charge is 0.480 e. The van der Waals surface area contributed by atoms with Crippen LogP contribution in [0, 0.1) is 0 Å². The lowest BCUT2D eigenvalue weighted by Crippen LogP contribution is -2.32. The summed E-state index contributed by atoms with van der Waals surface area (Å²) >= 11 is 0. The second kappa shape index (κ2) is 8.21. The molecule has 0 amide bonds. The average molecular weight is 301 g/mol. The molecule has 21 heavy (non-hydrogen) atoms. The highest BCUT2D eigenvalue weighted by Crippen LogP contribution is 2.10. The zero-order valence-corrected chi connectivity index (χ0v) is 10.4. The van der Waals surface area contributed by atoms with E-state index in [4.69, 9.17) is 10.8 Å². The fourth-order valence-electron chi connectivity index (χ4n) is 1.51. The predicted molar refractivity (Wildman–Crippen MR) is 72.4 cm³/mol. The highest BCUT2D eigenvalue weighted by molar-refractivity contribution is 6.08. The van der Waals surface area contributed by atoms with E-state index in [0.717, 1.165) is 0 Å². The third-order valence-corrected chi connectivity index (χ3v) is 2.63. The van der Waals surface area contributed by atoms with Crippen molar-refractivity contribution < 1.29 is 28.3 Å². The molecule has 3 N–H and O–H groups in total. The molecule has 1 rings (SSSR count). The van der Waals surface area contributed by atoms with Crippen molar-refractivity contribution in [3.8, 4) is 0 Å². The van der Waals surface area contributed by atoms with E-state index in [1.54, 1.807) is 0 Å². The molecular weight excluding hydrogens is 284 g/mol. The molecule has 1 atom stereocenters. The summed E-state index contributed by atoms with van der Waals surface area (Å²) in [5.74, 6) is -3.27. The third-order valence-electron chi connectivity index (χ3n) is 2.63.